The lowest BCUT2D eigenvalue weighted by atomic mass is 10.00. The Kier molecular flexibility index (Phi) is 4.17. The van der Waals surface area contributed by atoms with Crippen molar-refractivity contribution in [1.29, 1.82) is 0 Å². The zero-order chi connectivity index (χ0) is 14.8. The standard InChI is InChI=1S/C13H15F3N2O2/c1-20-11-5-3-2-4-10(11)17-12(19)8-18-6-9(7-18)13(14,15)16/h2-5,9H,6-8H2,1H3,(H,17,19). The summed E-state index contributed by atoms with van der Waals surface area (Å²) in [6.07, 6.45) is -4.17. The second-order valence-corrected chi connectivity index (χ2v) is 4.68. The first kappa shape index (κ1) is 14.6. The lowest BCUT2D eigenvalue weighted by Crippen LogP contribution is -2.55. The lowest BCUT2D eigenvalue weighted by molar-refractivity contribution is -0.208. The Bertz CT molecular complexity index is 485. The van der Waals surface area contributed by atoms with Gasteiger partial charge in [-0.25, -0.2) is 0 Å². The van der Waals surface area contributed by atoms with Crippen LogP contribution in [0.2, 0.25) is 0 Å². The molecule has 0 radical (unpaired) electrons. The van der Waals surface area contributed by atoms with Gasteiger partial charge in [0.2, 0.25) is 5.91 Å². The molecule has 0 spiro atoms. The van der Waals surface area contributed by atoms with Crippen molar-refractivity contribution in [3.8, 4) is 5.75 Å². The molecule has 1 saturated heterocycles. The highest BCUT2D eigenvalue weighted by molar-refractivity contribution is 5.93. The Morgan fingerprint density at radius 2 is 2.05 bits per heavy atom. The predicted octanol–water partition coefficient (Wildman–Crippen LogP) is 2.13. The van der Waals surface area contributed by atoms with E-state index in [9.17, 15) is 18.0 Å². The van der Waals surface area contributed by atoms with Crippen molar-refractivity contribution in [2.24, 2.45) is 5.92 Å². The minimum absolute atomic E-state index is 0.0510. The molecule has 1 heterocycles. The highest BCUT2D eigenvalue weighted by Gasteiger charge is 2.47. The first-order valence-electron chi connectivity index (χ1n) is 6.12. The van der Waals surface area contributed by atoms with Crippen LogP contribution in [0.5, 0.6) is 5.75 Å². The molecule has 1 aliphatic heterocycles. The molecule has 0 aromatic heterocycles. The minimum atomic E-state index is -4.17. The third-order valence-corrected chi connectivity index (χ3v) is 3.17. The summed E-state index contributed by atoms with van der Waals surface area (Å²) in [6, 6.07) is 6.86. The molecule has 0 atom stereocenters. The maximum atomic E-state index is 12.3. The van der Waals surface area contributed by atoms with Crippen LogP contribution in [0.4, 0.5) is 18.9 Å². The van der Waals surface area contributed by atoms with Gasteiger partial charge < -0.3 is 10.1 Å². The second-order valence-electron chi connectivity index (χ2n) is 4.68. The van der Waals surface area contributed by atoms with Crippen LogP contribution in [0.3, 0.4) is 0 Å². The third-order valence-electron chi connectivity index (χ3n) is 3.17. The largest absolute Gasteiger partial charge is 0.495 e. The molecular formula is C13H15F3N2O2. The van der Waals surface area contributed by atoms with Crippen molar-refractivity contribution in [3.05, 3.63) is 24.3 Å². The average molecular weight is 288 g/mol. The monoisotopic (exact) mass is 288 g/mol. The fourth-order valence-electron chi connectivity index (χ4n) is 2.05. The number of hydrogen-bond donors (Lipinski definition) is 1. The maximum Gasteiger partial charge on any atom is 0.394 e. The van der Waals surface area contributed by atoms with E-state index in [2.05, 4.69) is 5.32 Å². The zero-order valence-electron chi connectivity index (χ0n) is 10.9. The number of carbonyl (C=O) groups is 1. The van der Waals surface area contributed by atoms with Gasteiger partial charge in [0.25, 0.3) is 0 Å². The zero-order valence-corrected chi connectivity index (χ0v) is 10.9. The number of anilines is 1. The van der Waals surface area contributed by atoms with Gasteiger partial charge in [0.15, 0.2) is 0 Å². The Labute approximate surface area is 114 Å². The third kappa shape index (κ3) is 3.41. The molecule has 7 heteroatoms. The van der Waals surface area contributed by atoms with Crippen molar-refractivity contribution >= 4 is 11.6 Å². The van der Waals surface area contributed by atoms with Gasteiger partial charge in [-0.1, -0.05) is 12.1 Å². The molecule has 1 aromatic rings. The number of para-hydroxylation sites is 2. The molecule has 0 unspecified atom stereocenters. The maximum absolute atomic E-state index is 12.3. The Balaban J connectivity index is 1.83. The van der Waals surface area contributed by atoms with Crippen LogP contribution in [-0.4, -0.2) is 43.7 Å². The van der Waals surface area contributed by atoms with Crippen LogP contribution in [0, 0.1) is 5.92 Å². The second kappa shape index (κ2) is 5.70. The van der Waals surface area contributed by atoms with Crippen LogP contribution in [-0.2, 0) is 4.79 Å². The van der Waals surface area contributed by atoms with E-state index in [1.54, 1.807) is 24.3 Å². The van der Waals surface area contributed by atoms with Crippen molar-refractivity contribution in [2.45, 2.75) is 6.18 Å². The number of benzene rings is 1. The number of amides is 1. The fourth-order valence-corrected chi connectivity index (χ4v) is 2.05. The SMILES string of the molecule is COc1ccccc1NC(=O)CN1CC(C(F)(F)F)C1. The summed E-state index contributed by atoms with van der Waals surface area (Å²) in [7, 11) is 1.48. The number of alkyl halides is 3. The molecule has 20 heavy (non-hydrogen) atoms. The van der Waals surface area contributed by atoms with Crippen LogP contribution >= 0.6 is 0 Å². The Morgan fingerprint density at radius 3 is 2.65 bits per heavy atom. The molecular weight excluding hydrogens is 273 g/mol. The molecule has 1 aromatic carbocycles. The van der Waals surface area contributed by atoms with Crippen molar-refractivity contribution < 1.29 is 22.7 Å². The van der Waals surface area contributed by atoms with Crippen LogP contribution in [0.15, 0.2) is 24.3 Å². The molecule has 0 bridgehead atoms. The molecule has 1 fully saturated rings. The van der Waals surface area contributed by atoms with Gasteiger partial charge in [-0.2, -0.15) is 13.2 Å². The molecule has 0 aliphatic carbocycles. The first-order chi connectivity index (χ1) is 9.40. The van der Waals surface area contributed by atoms with Gasteiger partial charge in [0.05, 0.1) is 25.3 Å². The van der Waals surface area contributed by atoms with E-state index in [4.69, 9.17) is 4.74 Å². The molecule has 1 amide bonds. The van der Waals surface area contributed by atoms with Gasteiger partial charge in [-0.05, 0) is 12.1 Å². The molecule has 1 aliphatic rings. The van der Waals surface area contributed by atoms with E-state index in [-0.39, 0.29) is 25.5 Å². The lowest BCUT2D eigenvalue weighted by Gasteiger charge is -2.39. The summed E-state index contributed by atoms with van der Waals surface area (Å²) in [5.41, 5.74) is 0.507. The highest BCUT2D eigenvalue weighted by Crippen LogP contribution is 2.33. The number of methoxy groups -OCH3 is 1. The van der Waals surface area contributed by atoms with E-state index in [0.29, 0.717) is 11.4 Å². The number of nitrogens with one attached hydrogen (secondary N) is 1. The van der Waals surface area contributed by atoms with E-state index in [1.165, 1.54) is 12.0 Å². The van der Waals surface area contributed by atoms with Gasteiger partial charge in [-0.3, -0.25) is 9.69 Å². The summed E-state index contributed by atoms with van der Waals surface area (Å²) in [5.74, 6) is -1.16. The smallest absolute Gasteiger partial charge is 0.394 e. The number of hydrogen-bond acceptors (Lipinski definition) is 3. The average Bonchev–Trinajstić information content (AvgIpc) is 2.32. The molecule has 4 nitrogen and oxygen atoms in total. The topological polar surface area (TPSA) is 41.6 Å². The normalized spacial score (nSPS) is 16.6. The van der Waals surface area contributed by atoms with Gasteiger partial charge in [0, 0.05) is 13.1 Å². The highest BCUT2D eigenvalue weighted by atomic mass is 19.4. The van der Waals surface area contributed by atoms with Crippen LogP contribution in [0.25, 0.3) is 0 Å². The van der Waals surface area contributed by atoms with Crippen LogP contribution < -0.4 is 10.1 Å². The summed E-state index contributed by atoms with van der Waals surface area (Å²) >= 11 is 0. The Hall–Kier alpha value is -1.76. The Morgan fingerprint density at radius 1 is 1.40 bits per heavy atom. The van der Waals surface area contributed by atoms with E-state index in [0.717, 1.165) is 0 Å². The van der Waals surface area contributed by atoms with E-state index < -0.39 is 12.1 Å². The summed E-state index contributed by atoms with van der Waals surface area (Å²) in [5, 5.41) is 2.63. The van der Waals surface area contributed by atoms with Gasteiger partial charge >= 0.3 is 6.18 Å². The summed E-state index contributed by atoms with van der Waals surface area (Å²) < 4.78 is 42.0. The molecule has 2 rings (SSSR count). The van der Waals surface area contributed by atoms with E-state index >= 15 is 0 Å². The molecule has 0 saturated carbocycles. The van der Waals surface area contributed by atoms with Crippen molar-refractivity contribution in [3.63, 3.8) is 0 Å². The van der Waals surface area contributed by atoms with Gasteiger partial charge in [0.1, 0.15) is 5.75 Å². The van der Waals surface area contributed by atoms with E-state index in [1.807, 2.05) is 0 Å². The number of ether oxygens (including phenoxy) is 1. The molecule has 110 valence electrons. The quantitative estimate of drug-likeness (QED) is 0.923. The molecule has 1 N–H and O–H groups in total. The number of rotatable bonds is 4. The number of likely N-dealkylation sites (tertiary alicyclic amines) is 1. The fraction of sp³-hybridized carbons (Fsp3) is 0.462. The summed E-state index contributed by atoms with van der Waals surface area (Å²) in [4.78, 5) is 13.2. The van der Waals surface area contributed by atoms with Crippen LogP contribution in [0.1, 0.15) is 0 Å². The van der Waals surface area contributed by atoms with Crippen molar-refractivity contribution in [2.75, 3.05) is 32.1 Å². The minimum Gasteiger partial charge on any atom is -0.495 e. The number of nitrogens with zero attached hydrogens (tertiary/aromatic N) is 1. The first-order valence-corrected chi connectivity index (χ1v) is 6.12. The summed E-state index contributed by atoms with van der Waals surface area (Å²) in [6.45, 7) is -0.295. The number of carbonyl (C=O) groups excluding carboxylic acids is 1. The van der Waals surface area contributed by atoms with Crippen molar-refractivity contribution in [1.82, 2.24) is 4.90 Å². The predicted molar refractivity (Wildman–Crippen MR) is 67.6 cm³/mol. The van der Waals surface area contributed by atoms with Gasteiger partial charge in [-0.15, -0.1) is 0 Å². The number of halogens is 3.